The van der Waals surface area contributed by atoms with E-state index in [0.29, 0.717) is 5.75 Å². The lowest BCUT2D eigenvalue weighted by Crippen LogP contribution is -2.01. The highest BCUT2D eigenvalue weighted by atomic mass is 32.2. The van der Waals surface area contributed by atoms with Gasteiger partial charge in [0.15, 0.2) is 5.78 Å². The second-order valence-electron chi connectivity index (χ2n) is 3.84. The van der Waals surface area contributed by atoms with Crippen LogP contribution in [-0.2, 0) is 0 Å². The predicted octanol–water partition coefficient (Wildman–Crippen LogP) is 3.97. The van der Waals surface area contributed by atoms with Crippen molar-refractivity contribution in [3.63, 3.8) is 0 Å². The quantitative estimate of drug-likeness (QED) is 0.596. The topological polar surface area (TPSA) is 17.1 Å². The third-order valence-electron chi connectivity index (χ3n) is 2.55. The molecule has 0 bridgehead atoms. The summed E-state index contributed by atoms with van der Waals surface area (Å²) in [6, 6.07) is 17.6. The summed E-state index contributed by atoms with van der Waals surface area (Å²) in [6.45, 7) is 2.06. The zero-order chi connectivity index (χ0) is 12.1. The van der Waals surface area contributed by atoms with Gasteiger partial charge in [-0.2, -0.15) is 0 Å². The maximum absolute atomic E-state index is 11.9. The Hall–Kier alpha value is -1.54. The number of ketones is 1. The molecule has 0 radical (unpaired) electrons. The van der Waals surface area contributed by atoms with Crippen molar-refractivity contribution in [2.45, 2.75) is 11.8 Å². The Kier molecular flexibility index (Phi) is 3.99. The lowest BCUT2D eigenvalue weighted by atomic mass is 10.2. The third-order valence-corrected chi connectivity index (χ3v) is 3.72. The molecular formula is C15H14OS. The van der Waals surface area contributed by atoms with E-state index in [-0.39, 0.29) is 5.78 Å². The standard InChI is InChI=1S/C15H14OS/c1-12-7-5-6-10-15(12)17-11-14(16)13-8-3-2-4-9-13/h2-10H,11H2,1H3. The number of hydrogen-bond acceptors (Lipinski definition) is 2. The van der Waals surface area contributed by atoms with Gasteiger partial charge in [-0.25, -0.2) is 0 Å². The Morgan fingerprint density at radius 3 is 2.35 bits per heavy atom. The van der Waals surface area contributed by atoms with Crippen molar-refractivity contribution in [3.8, 4) is 0 Å². The SMILES string of the molecule is Cc1ccccc1SCC(=O)c1ccccc1. The highest BCUT2D eigenvalue weighted by Crippen LogP contribution is 2.22. The average molecular weight is 242 g/mol. The van der Waals surface area contributed by atoms with E-state index in [2.05, 4.69) is 19.1 Å². The fourth-order valence-corrected chi connectivity index (χ4v) is 2.49. The second-order valence-corrected chi connectivity index (χ2v) is 4.86. The number of Topliss-reactive ketones (excluding diaryl/α,β-unsaturated/α-hetero) is 1. The van der Waals surface area contributed by atoms with Crippen LogP contribution in [0.4, 0.5) is 0 Å². The molecule has 1 nitrogen and oxygen atoms in total. The molecular weight excluding hydrogens is 228 g/mol. The van der Waals surface area contributed by atoms with Crippen molar-refractivity contribution in [1.82, 2.24) is 0 Å². The predicted molar refractivity (Wildman–Crippen MR) is 72.7 cm³/mol. The van der Waals surface area contributed by atoms with Gasteiger partial charge in [0.1, 0.15) is 0 Å². The van der Waals surface area contributed by atoms with Crippen LogP contribution in [0.25, 0.3) is 0 Å². The van der Waals surface area contributed by atoms with Crippen LogP contribution in [0, 0.1) is 6.92 Å². The zero-order valence-electron chi connectivity index (χ0n) is 9.72. The first-order chi connectivity index (χ1) is 8.27. The Morgan fingerprint density at radius 2 is 1.65 bits per heavy atom. The molecule has 0 aliphatic heterocycles. The van der Waals surface area contributed by atoms with Gasteiger partial charge < -0.3 is 0 Å². The van der Waals surface area contributed by atoms with Gasteiger partial charge in [0.2, 0.25) is 0 Å². The summed E-state index contributed by atoms with van der Waals surface area (Å²) < 4.78 is 0. The van der Waals surface area contributed by atoms with Crippen molar-refractivity contribution >= 4 is 17.5 Å². The summed E-state index contributed by atoms with van der Waals surface area (Å²) in [5, 5.41) is 0. The molecule has 0 aliphatic carbocycles. The van der Waals surface area contributed by atoms with Crippen LogP contribution in [-0.4, -0.2) is 11.5 Å². The molecule has 2 aromatic carbocycles. The van der Waals surface area contributed by atoms with E-state index in [0.717, 1.165) is 5.56 Å². The monoisotopic (exact) mass is 242 g/mol. The van der Waals surface area contributed by atoms with E-state index >= 15 is 0 Å². The zero-order valence-corrected chi connectivity index (χ0v) is 10.5. The molecule has 0 N–H and O–H groups in total. The highest BCUT2D eigenvalue weighted by molar-refractivity contribution is 8.00. The Balaban J connectivity index is 2.00. The van der Waals surface area contributed by atoms with Gasteiger partial charge in [0.05, 0.1) is 5.75 Å². The molecule has 0 saturated heterocycles. The molecule has 0 aromatic heterocycles. The summed E-state index contributed by atoms with van der Waals surface area (Å²) in [7, 11) is 0. The summed E-state index contributed by atoms with van der Waals surface area (Å²) in [5.74, 6) is 0.674. The van der Waals surface area contributed by atoms with E-state index < -0.39 is 0 Å². The number of thioether (sulfide) groups is 1. The minimum Gasteiger partial charge on any atom is -0.293 e. The first kappa shape index (κ1) is 11.9. The van der Waals surface area contributed by atoms with Gasteiger partial charge in [-0.1, -0.05) is 48.5 Å². The number of benzene rings is 2. The van der Waals surface area contributed by atoms with E-state index in [4.69, 9.17) is 0 Å². The molecule has 17 heavy (non-hydrogen) atoms. The lowest BCUT2D eigenvalue weighted by Gasteiger charge is -2.04. The molecule has 2 heteroatoms. The van der Waals surface area contributed by atoms with Crippen molar-refractivity contribution in [1.29, 1.82) is 0 Å². The first-order valence-corrected chi connectivity index (χ1v) is 6.52. The number of aryl methyl sites for hydroxylation is 1. The van der Waals surface area contributed by atoms with Gasteiger partial charge in [0, 0.05) is 10.5 Å². The second kappa shape index (κ2) is 5.69. The normalized spacial score (nSPS) is 10.2. The number of carbonyl (C=O) groups excluding carboxylic acids is 1. The molecule has 0 spiro atoms. The Morgan fingerprint density at radius 1 is 1.00 bits per heavy atom. The van der Waals surface area contributed by atoms with E-state index in [1.165, 1.54) is 10.5 Å². The summed E-state index contributed by atoms with van der Waals surface area (Å²) >= 11 is 1.60. The van der Waals surface area contributed by atoms with Crippen LogP contribution in [0.1, 0.15) is 15.9 Å². The molecule has 0 heterocycles. The van der Waals surface area contributed by atoms with E-state index in [1.54, 1.807) is 11.8 Å². The van der Waals surface area contributed by atoms with Crippen LogP contribution >= 0.6 is 11.8 Å². The maximum atomic E-state index is 11.9. The minimum absolute atomic E-state index is 0.179. The fraction of sp³-hybridized carbons (Fsp3) is 0.133. The van der Waals surface area contributed by atoms with Crippen LogP contribution in [0.2, 0.25) is 0 Å². The van der Waals surface area contributed by atoms with Gasteiger partial charge in [-0.3, -0.25) is 4.79 Å². The number of rotatable bonds is 4. The van der Waals surface area contributed by atoms with Gasteiger partial charge in [-0.15, -0.1) is 11.8 Å². The molecule has 2 aromatic rings. The van der Waals surface area contributed by atoms with Crippen LogP contribution in [0.3, 0.4) is 0 Å². The van der Waals surface area contributed by atoms with Crippen LogP contribution in [0.15, 0.2) is 59.5 Å². The smallest absolute Gasteiger partial charge is 0.173 e. The van der Waals surface area contributed by atoms with E-state index in [1.807, 2.05) is 42.5 Å². The fourth-order valence-electron chi connectivity index (χ4n) is 1.57. The maximum Gasteiger partial charge on any atom is 0.173 e. The first-order valence-electron chi connectivity index (χ1n) is 5.54. The third kappa shape index (κ3) is 3.21. The highest BCUT2D eigenvalue weighted by Gasteiger charge is 2.06. The van der Waals surface area contributed by atoms with Crippen LogP contribution < -0.4 is 0 Å². The van der Waals surface area contributed by atoms with Gasteiger partial charge in [-0.05, 0) is 18.6 Å². The molecule has 0 amide bonds. The molecule has 0 unspecified atom stereocenters. The van der Waals surface area contributed by atoms with Crippen molar-refractivity contribution in [2.24, 2.45) is 0 Å². The van der Waals surface area contributed by atoms with Crippen molar-refractivity contribution < 1.29 is 4.79 Å². The van der Waals surface area contributed by atoms with Gasteiger partial charge in [0.25, 0.3) is 0 Å². The van der Waals surface area contributed by atoms with Crippen molar-refractivity contribution in [3.05, 3.63) is 65.7 Å². The average Bonchev–Trinajstić information content (AvgIpc) is 2.38. The summed E-state index contributed by atoms with van der Waals surface area (Å²) in [6.07, 6.45) is 0. The minimum atomic E-state index is 0.179. The molecule has 0 aliphatic rings. The molecule has 0 saturated carbocycles. The summed E-state index contributed by atoms with van der Waals surface area (Å²) in [4.78, 5) is 13.1. The van der Waals surface area contributed by atoms with Gasteiger partial charge >= 0.3 is 0 Å². The molecule has 0 atom stereocenters. The lowest BCUT2D eigenvalue weighted by molar-refractivity contribution is 0.102. The van der Waals surface area contributed by atoms with Crippen LogP contribution in [0.5, 0.6) is 0 Å². The van der Waals surface area contributed by atoms with Crippen molar-refractivity contribution in [2.75, 3.05) is 5.75 Å². The largest absolute Gasteiger partial charge is 0.293 e. The molecule has 86 valence electrons. The Bertz CT molecular complexity index is 505. The molecule has 0 fully saturated rings. The van der Waals surface area contributed by atoms with E-state index in [9.17, 15) is 4.79 Å². The number of hydrogen-bond donors (Lipinski definition) is 0. The summed E-state index contributed by atoms with van der Waals surface area (Å²) in [5.41, 5.74) is 2.01. The Labute approximate surface area is 106 Å². The number of carbonyl (C=O) groups is 1. The molecule has 2 rings (SSSR count).